The van der Waals surface area contributed by atoms with Crippen molar-refractivity contribution in [3.63, 3.8) is 0 Å². The molecule has 0 aromatic rings. The van der Waals surface area contributed by atoms with Crippen LogP contribution in [0.3, 0.4) is 0 Å². The fourth-order valence-electron chi connectivity index (χ4n) is 4.31. The molecule has 0 aliphatic carbocycles. The average Bonchev–Trinajstić information content (AvgIpc) is 3.17. The van der Waals surface area contributed by atoms with Gasteiger partial charge in [-0.15, -0.1) is 0 Å². The molecule has 0 aromatic heterocycles. The normalized spacial score (nSPS) is 25.4. The minimum Gasteiger partial charge on any atom is -0.379 e. The summed E-state index contributed by atoms with van der Waals surface area (Å²) >= 11 is 0. The first-order chi connectivity index (χ1) is 12.6. The van der Waals surface area contributed by atoms with E-state index in [1.54, 1.807) is 6.92 Å². The molecule has 3 aliphatic rings. The zero-order chi connectivity index (χ0) is 18.4. The third-order valence-electron chi connectivity index (χ3n) is 6.08. The van der Waals surface area contributed by atoms with E-state index < -0.39 is 0 Å². The Labute approximate surface area is 157 Å². The number of hydrogen-bond acceptors (Lipinski definition) is 5. The molecular formula is C19H34N4O3. The van der Waals surface area contributed by atoms with Crippen LogP contribution in [-0.4, -0.2) is 98.1 Å². The van der Waals surface area contributed by atoms with Crippen LogP contribution >= 0.6 is 0 Å². The zero-order valence-corrected chi connectivity index (χ0v) is 16.1. The Morgan fingerprint density at radius 3 is 2.46 bits per heavy atom. The lowest BCUT2D eigenvalue weighted by atomic mass is 9.92. The molecule has 0 spiro atoms. The van der Waals surface area contributed by atoms with Gasteiger partial charge in [-0.3, -0.25) is 14.5 Å². The Balaban J connectivity index is 1.50. The van der Waals surface area contributed by atoms with E-state index in [0.717, 1.165) is 84.8 Å². The van der Waals surface area contributed by atoms with Gasteiger partial charge in [-0.25, -0.2) is 0 Å². The Kier molecular flexibility index (Phi) is 7.28. The van der Waals surface area contributed by atoms with Crippen LogP contribution in [-0.2, 0) is 14.3 Å². The van der Waals surface area contributed by atoms with Gasteiger partial charge < -0.3 is 19.9 Å². The first-order valence-corrected chi connectivity index (χ1v) is 10.2. The van der Waals surface area contributed by atoms with E-state index in [-0.39, 0.29) is 5.91 Å². The molecule has 1 unspecified atom stereocenters. The summed E-state index contributed by atoms with van der Waals surface area (Å²) in [7, 11) is 0. The van der Waals surface area contributed by atoms with Crippen molar-refractivity contribution in [2.24, 2.45) is 5.92 Å². The maximum atomic E-state index is 13.1. The van der Waals surface area contributed by atoms with Crippen LogP contribution in [0.1, 0.15) is 32.6 Å². The molecule has 7 nitrogen and oxygen atoms in total. The van der Waals surface area contributed by atoms with E-state index in [2.05, 4.69) is 15.1 Å². The molecule has 7 heteroatoms. The average molecular weight is 367 g/mol. The zero-order valence-electron chi connectivity index (χ0n) is 16.1. The first-order valence-electron chi connectivity index (χ1n) is 10.2. The lowest BCUT2D eigenvalue weighted by molar-refractivity contribution is -0.135. The number of likely N-dealkylation sites (tertiary alicyclic amines) is 1. The summed E-state index contributed by atoms with van der Waals surface area (Å²) in [6, 6.07) is 0.334. The third-order valence-corrected chi connectivity index (χ3v) is 6.08. The van der Waals surface area contributed by atoms with Gasteiger partial charge in [0.05, 0.1) is 13.2 Å². The number of nitrogens with one attached hydrogen (secondary N) is 1. The van der Waals surface area contributed by atoms with Crippen molar-refractivity contribution in [2.45, 2.75) is 38.6 Å². The van der Waals surface area contributed by atoms with E-state index in [9.17, 15) is 9.59 Å². The molecule has 3 fully saturated rings. The third kappa shape index (κ3) is 5.41. The number of carbonyl (C=O) groups is 2. The van der Waals surface area contributed by atoms with E-state index in [4.69, 9.17) is 4.74 Å². The Morgan fingerprint density at radius 1 is 1.12 bits per heavy atom. The summed E-state index contributed by atoms with van der Waals surface area (Å²) in [5, 5.41) is 3.40. The fraction of sp³-hybridized carbons (Fsp3) is 0.895. The van der Waals surface area contributed by atoms with Gasteiger partial charge in [-0.05, 0) is 31.7 Å². The highest BCUT2D eigenvalue weighted by atomic mass is 16.5. The maximum absolute atomic E-state index is 13.1. The number of amides is 2. The molecular weight excluding hydrogens is 332 g/mol. The molecule has 3 aliphatic heterocycles. The molecule has 3 saturated heterocycles. The number of carbonyl (C=O) groups excluding carboxylic acids is 2. The van der Waals surface area contributed by atoms with Crippen molar-refractivity contribution < 1.29 is 14.3 Å². The molecule has 3 heterocycles. The smallest absolute Gasteiger partial charge is 0.223 e. The number of hydrogen-bond donors (Lipinski definition) is 1. The topological polar surface area (TPSA) is 65.1 Å². The summed E-state index contributed by atoms with van der Waals surface area (Å²) in [5.74, 6) is 0.866. The van der Waals surface area contributed by atoms with Crippen LogP contribution < -0.4 is 5.32 Å². The quantitative estimate of drug-likeness (QED) is 0.725. The summed E-state index contributed by atoms with van der Waals surface area (Å²) in [4.78, 5) is 31.0. The predicted octanol–water partition coefficient (Wildman–Crippen LogP) is 0.158. The van der Waals surface area contributed by atoms with Crippen molar-refractivity contribution in [1.29, 1.82) is 0 Å². The van der Waals surface area contributed by atoms with Crippen LogP contribution in [0.15, 0.2) is 0 Å². The molecule has 1 N–H and O–H groups in total. The minimum absolute atomic E-state index is 0.152. The molecule has 3 rings (SSSR count). The molecule has 0 aromatic carbocycles. The highest BCUT2D eigenvalue weighted by Gasteiger charge is 2.30. The standard InChI is InChI=1S/C19H34N4O3/c1-16(24)22-6-3-17(4-7-22)14-19(25)23(18-2-5-20-15-18)9-8-21-10-12-26-13-11-21/h17-18,20H,2-15H2,1H3. The fourth-order valence-corrected chi connectivity index (χ4v) is 4.31. The number of rotatable bonds is 6. The minimum atomic E-state index is 0.152. The molecule has 148 valence electrons. The van der Waals surface area contributed by atoms with Crippen LogP contribution in [0.25, 0.3) is 0 Å². The summed E-state index contributed by atoms with van der Waals surface area (Å²) in [6.45, 7) is 10.4. The van der Waals surface area contributed by atoms with E-state index in [1.165, 1.54) is 0 Å². The number of nitrogens with zero attached hydrogens (tertiary/aromatic N) is 3. The number of morpholine rings is 1. The van der Waals surface area contributed by atoms with Crippen molar-refractivity contribution in [3.05, 3.63) is 0 Å². The van der Waals surface area contributed by atoms with Gasteiger partial charge in [0, 0.05) is 65.2 Å². The van der Waals surface area contributed by atoms with E-state index in [0.29, 0.717) is 24.3 Å². The second-order valence-corrected chi connectivity index (χ2v) is 7.84. The van der Waals surface area contributed by atoms with Gasteiger partial charge in [0.1, 0.15) is 0 Å². The van der Waals surface area contributed by atoms with Gasteiger partial charge in [0.2, 0.25) is 11.8 Å². The predicted molar refractivity (Wildman–Crippen MR) is 99.8 cm³/mol. The summed E-state index contributed by atoms with van der Waals surface area (Å²) in [5.41, 5.74) is 0. The lowest BCUT2D eigenvalue weighted by Gasteiger charge is -2.35. The van der Waals surface area contributed by atoms with Crippen molar-refractivity contribution in [3.8, 4) is 0 Å². The van der Waals surface area contributed by atoms with Gasteiger partial charge in [0.15, 0.2) is 0 Å². The molecule has 26 heavy (non-hydrogen) atoms. The molecule has 2 amide bonds. The maximum Gasteiger partial charge on any atom is 0.223 e. The molecule has 0 radical (unpaired) electrons. The second-order valence-electron chi connectivity index (χ2n) is 7.84. The van der Waals surface area contributed by atoms with Crippen molar-refractivity contribution >= 4 is 11.8 Å². The number of ether oxygens (including phenoxy) is 1. The molecule has 0 saturated carbocycles. The highest BCUT2D eigenvalue weighted by molar-refractivity contribution is 5.77. The Morgan fingerprint density at radius 2 is 1.85 bits per heavy atom. The largest absolute Gasteiger partial charge is 0.379 e. The second kappa shape index (κ2) is 9.67. The van der Waals surface area contributed by atoms with Crippen LogP contribution in [0.5, 0.6) is 0 Å². The SMILES string of the molecule is CC(=O)N1CCC(CC(=O)N(CCN2CCOCC2)C2CCNC2)CC1. The van der Waals surface area contributed by atoms with Crippen LogP contribution in [0.2, 0.25) is 0 Å². The molecule has 1 atom stereocenters. The van der Waals surface area contributed by atoms with Crippen LogP contribution in [0, 0.1) is 5.92 Å². The first kappa shape index (κ1) is 19.6. The highest BCUT2D eigenvalue weighted by Crippen LogP contribution is 2.23. The lowest BCUT2D eigenvalue weighted by Crippen LogP contribution is -2.48. The van der Waals surface area contributed by atoms with Crippen molar-refractivity contribution in [1.82, 2.24) is 20.0 Å². The van der Waals surface area contributed by atoms with Gasteiger partial charge in [0.25, 0.3) is 0 Å². The van der Waals surface area contributed by atoms with Gasteiger partial charge >= 0.3 is 0 Å². The van der Waals surface area contributed by atoms with E-state index in [1.807, 2.05) is 4.90 Å². The summed E-state index contributed by atoms with van der Waals surface area (Å²) in [6.07, 6.45) is 3.58. The van der Waals surface area contributed by atoms with Gasteiger partial charge in [-0.1, -0.05) is 0 Å². The summed E-state index contributed by atoms with van der Waals surface area (Å²) < 4.78 is 5.42. The Hall–Kier alpha value is -1.18. The monoisotopic (exact) mass is 366 g/mol. The van der Waals surface area contributed by atoms with Crippen LogP contribution in [0.4, 0.5) is 0 Å². The van der Waals surface area contributed by atoms with E-state index >= 15 is 0 Å². The molecule has 0 bridgehead atoms. The Bertz CT molecular complexity index is 467. The number of piperidine rings is 1. The van der Waals surface area contributed by atoms with Gasteiger partial charge in [-0.2, -0.15) is 0 Å². The van der Waals surface area contributed by atoms with Crippen molar-refractivity contribution in [2.75, 3.05) is 65.6 Å².